The fourth-order valence-corrected chi connectivity index (χ4v) is 4.04. The Bertz CT molecular complexity index is 637. The molecule has 2 aliphatic rings. The van der Waals surface area contributed by atoms with E-state index in [2.05, 4.69) is 52.2 Å². The van der Waals surface area contributed by atoms with E-state index in [9.17, 15) is 4.79 Å². The molecule has 0 saturated carbocycles. The summed E-state index contributed by atoms with van der Waals surface area (Å²) in [4.78, 5) is 20.1. The Morgan fingerprint density at radius 2 is 1.89 bits per heavy atom. The highest BCUT2D eigenvalue weighted by Crippen LogP contribution is 2.20. The molecule has 2 fully saturated rings. The van der Waals surface area contributed by atoms with Crippen LogP contribution in [0.5, 0.6) is 0 Å². The summed E-state index contributed by atoms with van der Waals surface area (Å²) in [5, 5.41) is 3.17. The van der Waals surface area contributed by atoms with Gasteiger partial charge in [-0.15, -0.1) is 0 Å². The van der Waals surface area contributed by atoms with Crippen molar-refractivity contribution >= 4 is 11.7 Å². The Labute approximate surface area is 169 Å². The van der Waals surface area contributed by atoms with Crippen molar-refractivity contribution < 1.29 is 9.53 Å². The molecule has 0 atom stereocenters. The van der Waals surface area contributed by atoms with Crippen molar-refractivity contribution in [1.82, 2.24) is 14.7 Å². The summed E-state index contributed by atoms with van der Waals surface area (Å²) in [6, 6.07) is 6.50. The van der Waals surface area contributed by atoms with Gasteiger partial charge in [0.2, 0.25) is 0 Å². The molecule has 6 nitrogen and oxygen atoms in total. The fraction of sp³-hybridized carbons (Fsp3) is 0.682. The van der Waals surface area contributed by atoms with Crippen molar-refractivity contribution in [3.63, 3.8) is 0 Å². The number of aryl methyl sites for hydroxylation is 2. The number of carbonyl (C=O) groups is 1. The summed E-state index contributed by atoms with van der Waals surface area (Å²) in [6.45, 7) is 12.0. The van der Waals surface area contributed by atoms with Gasteiger partial charge in [-0.2, -0.15) is 0 Å². The molecule has 2 amide bonds. The van der Waals surface area contributed by atoms with E-state index in [4.69, 9.17) is 4.74 Å². The molecule has 0 radical (unpaired) electrons. The number of carbonyl (C=O) groups excluding carboxylic acids is 1. The number of hydrogen-bond acceptors (Lipinski definition) is 4. The average Bonchev–Trinajstić information content (AvgIpc) is 2.70. The minimum Gasteiger partial charge on any atom is -0.381 e. The van der Waals surface area contributed by atoms with Gasteiger partial charge in [-0.25, -0.2) is 4.79 Å². The average molecular weight is 389 g/mol. The van der Waals surface area contributed by atoms with Gasteiger partial charge >= 0.3 is 6.03 Å². The number of nitrogens with one attached hydrogen (secondary N) is 1. The van der Waals surface area contributed by atoms with Gasteiger partial charge in [-0.3, -0.25) is 0 Å². The molecule has 2 aliphatic heterocycles. The zero-order valence-electron chi connectivity index (χ0n) is 17.7. The Balaban J connectivity index is 1.59. The van der Waals surface area contributed by atoms with Crippen molar-refractivity contribution in [2.75, 3.05) is 64.8 Å². The van der Waals surface area contributed by atoms with E-state index in [-0.39, 0.29) is 12.1 Å². The standard InChI is InChI=1S/C22H36N4O2/c1-18-5-6-19(2)21(17-18)23-22(27)26(20-7-15-28-16-8-20)10-4-9-25-13-11-24(3)12-14-25/h5-6,17,20H,4,7-16H2,1-3H3,(H,23,27). The Kier molecular flexibility index (Phi) is 7.71. The van der Waals surface area contributed by atoms with Crippen molar-refractivity contribution in [3.8, 4) is 0 Å². The lowest BCUT2D eigenvalue weighted by molar-refractivity contribution is 0.0464. The number of rotatable bonds is 6. The molecule has 1 aromatic carbocycles. The van der Waals surface area contributed by atoms with Crippen molar-refractivity contribution in [1.29, 1.82) is 0 Å². The maximum atomic E-state index is 13.2. The third-order valence-corrected chi connectivity index (χ3v) is 6.00. The number of piperazine rings is 1. The first-order valence-corrected chi connectivity index (χ1v) is 10.7. The van der Waals surface area contributed by atoms with Gasteiger partial charge in [0, 0.05) is 57.7 Å². The zero-order valence-corrected chi connectivity index (χ0v) is 17.7. The third kappa shape index (κ3) is 5.93. The highest BCUT2D eigenvalue weighted by atomic mass is 16.5. The highest BCUT2D eigenvalue weighted by molar-refractivity contribution is 5.90. The molecular weight excluding hydrogens is 352 g/mol. The number of ether oxygens (including phenoxy) is 1. The zero-order chi connectivity index (χ0) is 19.9. The number of anilines is 1. The van der Waals surface area contributed by atoms with Crippen molar-refractivity contribution in [2.45, 2.75) is 39.2 Å². The molecule has 28 heavy (non-hydrogen) atoms. The van der Waals surface area contributed by atoms with Crippen LogP contribution in [0.3, 0.4) is 0 Å². The fourth-order valence-electron chi connectivity index (χ4n) is 4.04. The molecule has 0 spiro atoms. The molecule has 2 saturated heterocycles. The second-order valence-corrected chi connectivity index (χ2v) is 8.28. The lowest BCUT2D eigenvalue weighted by atomic mass is 10.1. The number of likely N-dealkylation sites (N-methyl/N-ethyl adjacent to an activating group) is 1. The molecule has 0 aliphatic carbocycles. The molecular formula is C22H36N4O2. The smallest absolute Gasteiger partial charge is 0.322 e. The molecule has 2 heterocycles. The van der Waals surface area contributed by atoms with E-state index in [1.165, 1.54) is 0 Å². The number of benzene rings is 1. The largest absolute Gasteiger partial charge is 0.381 e. The van der Waals surface area contributed by atoms with Gasteiger partial charge in [-0.05, 0) is 63.9 Å². The summed E-state index contributed by atoms with van der Waals surface area (Å²) in [7, 11) is 2.18. The van der Waals surface area contributed by atoms with Crippen LogP contribution in [0.2, 0.25) is 0 Å². The van der Waals surface area contributed by atoms with Gasteiger partial charge in [0.15, 0.2) is 0 Å². The van der Waals surface area contributed by atoms with Crippen molar-refractivity contribution in [2.24, 2.45) is 0 Å². The second-order valence-electron chi connectivity index (χ2n) is 8.28. The van der Waals surface area contributed by atoms with Gasteiger partial charge < -0.3 is 24.8 Å². The Morgan fingerprint density at radius 1 is 1.18 bits per heavy atom. The van der Waals surface area contributed by atoms with Gasteiger partial charge in [0.25, 0.3) is 0 Å². The first kappa shape index (κ1) is 21.1. The predicted molar refractivity (Wildman–Crippen MR) is 114 cm³/mol. The lowest BCUT2D eigenvalue weighted by Gasteiger charge is -2.36. The SMILES string of the molecule is Cc1ccc(C)c(NC(=O)N(CCCN2CCN(C)CC2)C2CCOCC2)c1. The van der Waals surface area contributed by atoms with Crippen LogP contribution >= 0.6 is 0 Å². The van der Waals surface area contributed by atoms with E-state index in [1.54, 1.807) is 0 Å². The van der Waals surface area contributed by atoms with E-state index in [0.29, 0.717) is 0 Å². The summed E-state index contributed by atoms with van der Waals surface area (Å²) < 4.78 is 5.52. The maximum absolute atomic E-state index is 13.2. The summed E-state index contributed by atoms with van der Waals surface area (Å²) >= 11 is 0. The third-order valence-electron chi connectivity index (χ3n) is 6.00. The van der Waals surface area contributed by atoms with E-state index >= 15 is 0 Å². The first-order valence-electron chi connectivity index (χ1n) is 10.7. The molecule has 0 aromatic heterocycles. The number of nitrogens with zero attached hydrogens (tertiary/aromatic N) is 3. The molecule has 6 heteroatoms. The summed E-state index contributed by atoms with van der Waals surface area (Å²) in [5.41, 5.74) is 3.18. The van der Waals surface area contributed by atoms with Crippen LogP contribution in [0.15, 0.2) is 18.2 Å². The number of amides is 2. The first-order chi connectivity index (χ1) is 13.5. The Hall–Kier alpha value is -1.63. The second kappa shape index (κ2) is 10.2. The van der Waals surface area contributed by atoms with E-state index in [1.807, 2.05) is 6.92 Å². The van der Waals surface area contributed by atoms with Crippen LogP contribution < -0.4 is 5.32 Å². The monoisotopic (exact) mass is 388 g/mol. The maximum Gasteiger partial charge on any atom is 0.322 e. The molecule has 1 aromatic rings. The molecule has 3 rings (SSSR count). The number of hydrogen-bond donors (Lipinski definition) is 1. The summed E-state index contributed by atoms with van der Waals surface area (Å²) in [6.07, 6.45) is 2.87. The van der Waals surface area contributed by atoms with Crippen molar-refractivity contribution in [3.05, 3.63) is 29.3 Å². The normalized spacial score (nSPS) is 19.5. The lowest BCUT2D eigenvalue weighted by Crippen LogP contribution is -2.48. The molecule has 156 valence electrons. The van der Waals surface area contributed by atoms with E-state index in [0.717, 1.165) is 88.6 Å². The minimum atomic E-state index is 0.0268. The number of urea groups is 1. The van der Waals surface area contributed by atoms with Crippen LogP contribution in [0.25, 0.3) is 0 Å². The minimum absolute atomic E-state index is 0.0268. The quantitative estimate of drug-likeness (QED) is 0.814. The van der Waals surface area contributed by atoms with Crippen LogP contribution in [0.4, 0.5) is 10.5 Å². The van der Waals surface area contributed by atoms with Crippen LogP contribution in [-0.2, 0) is 4.74 Å². The van der Waals surface area contributed by atoms with Crippen LogP contribution in [0.1, 0.15) is 30.4 Å². The Morgan fingerprint density at radius 3 is 2.61 bits per heavy atom. The predicted octanol–water partition coefficient (Wildman–Crippen LogP) is 2.95. The molecule has 0 unspecified atom stereocenters. The highest BCUT2D eigenvalue weighted by Gasteiger charge is 2.26. The van der Waals surface area contributed by atoms with E-state index < -0.39 is 0 Å². The molecule has 0 bridgehead atoms. The topological polar surface area (TPSA) is 48.1 Å². The summed E-state index contributed by atoms with van der Waals surface area (Å²) in [5.74, 6) is 0. The van der Waals surface area contributed by atoms with Gasteiger partial charge in [-0.1, -0.05) is 12.1 Å². The molecule has 1 N–H and O–H groups in total. The van der Waals surface area contributed by atoms with Gasteiger partial charge in [0.1, 0.15) is 0 Å². The van der Waals surface area contributed by atoms with Gasteiger partial charge in [0.05, 0.1) is 0 Å². The van der Waals surface area contributed by atoms with Crippen LogP contribution in [-0.4, -0.2) is 86.3 Å². The van der Waals surface area contributed by atoms with Crippen LogP contribution in [0, 0.1) is 13.8 Å².